The molecule has 0 atom stereocenters. The van der Waals surface area contributed by atoms with Gasteiger partial charge >= 0.3 is 58.7 Å². The molecule has 0 aliphatic carbocycles. The third kappa shape index (κ3) is 2960. The van der Waals surface area contributed by atoms with Crippen LogP contribution in [0.2, 0.25) is 0 Å². The van der Waals surface area contributed by atoms with Crippen molar-refractivity contribution in [3.63, 3.8) is 0 Å². The van der Waals surface area contributed by atoms with Crippen molar-refractivity contribution in [3.8, 4) is 0 Å². The zero-order valence-corrected chi connectivity index (χ0v) is 7.17. The van der Waals surface area contributed by atoms with E-state index >= 15 is 0 Å². The number of rotatable bonds is 0. The standard InChI is InChI=1S/Li.Mn.H2O4S.H2O.3O/c;;1-5(2,3)4;;;;/h;;(H2,1,2,3,4);1H2;;;/q2*+1;;;;;-1/p-1. The van der Waals surface area contributed by atoms with E-state index in [4.69, 9.17) is 33.6 Å². The van der Waals surface area contributed by atoms with Crippen LogP contribution in [0.1, 0.15) is 0 Å². The van der Waals surface area contributed by atoms with Gasteiger partial charge in [0.25, 0.3) is 0 Å². The first kappa shape index (κ1) is 17.6. The Hall–Kier alpha value is 0.507. The van der Waals surface area contributed by atoms with Crippen LogP contribution >= 0.6 is 0 Å². The number of hydrogen-bond donors (Lipinski definition) is 3. The van der Waals surface area contributed by atoms with Crippen molar-refractivity contribution in [2.24, 2.45) is 0 Å². The summed E-state index contributed by atoms with van der Waals surface area (Å²) in [5.41, 5.74) is 0. The van der Waals surface area contributed by atoms with Crippen molar-refractivity contribution < 1.29 is 65.8 Å². The number of hydrogen-bond acceptors (Lipinski definition) is 5. The van der Waals surface area contributed by atoms with Gasteiger partial charge in [0.05, 0.1) is 0 Å². The van der Waals surface area contributed by atoms with Gasteiger partial charge in [0.1, 0.15) is 0 Å². The fourth-order valence-corrected chi connectivity index (χ4v) is 0. The minimum atomic E-state index is -5.38. The molecule has 0 aromatic carbocycles. The molecule has 0 aliphatic heterocycles. The van der Waals surface area contributed by atoms with Crippen LogP contribution in [0.15, 0.2) is 0 Å². The molecule has 0 saturated carbocycles. The van der Waals surface area contributed by atoms with Gasteiger partial charge < -0.3 is 0 Å². The second-order valence-electron chi connectivity index (χ2n) is 0.844. The topological polar surface area (TPSA) is 152 Å². The predicted octanol–water partition coefficient (Wildman–Crippen LogP) is -5.63. The maximum absolute atomic E-state index is 8.74. The van der Waals surface area contributed by atoms with E-state index in [1.807, 2.05) is 0 Å². The van der Waals surface area contributed by atoms with Gasteiger partial charge in [-0.3, -0.25) is 9.11 Å². The van der Waals surface area contributed by atoms with Gasteiger partial charge in [-0.25, -0.2) is 0 Å². The predicted molar refractivity (Wildman–Crippen MR) is 17.8 cm³/mol. The summed E-state index contributed by atoms with van der Waals surface area (Å²) < 4.78 is 64.6. The van der Waals surface area contributed by atoms with E-state index in [0.717, 1.165) is 0 Å². The quantitative estimate of drug-likeness (QED) is 0.272. The second kappa shape index (κ2) is 6.07. The SMILES string of the molecule is O=S(=O)(O)O.[Li+].[O]=[Mn](=[O])([O-])[OH]. The molecular formula is H3LiMnO8S. The molecule has 0 aromatic rings. The molecule has 0 spiro atoms. The Labute approximate surface area is 76.3 Å². The molecule has 11 heteroatoms. The molecule has 0 saturated heterocycles. The van der Waals surface area contributed by atoms with E-state index < -0.39 is 23.8 Å². The Morgan fingerprint density at radius 1 is 1.18 bits per heavy atom. The van der Waals surface area contributed by atoms with E-state index in [-0.39, 0.29) is 18.9 Å². The fourth-order valence-electron chi connectivity index (χ4n) is 0. The van der Waals surface area contributed by atoms with Gasteiger partial charge in [0, 0.05) is 0 Å². The molecule has 0 radical (unpaired) electrons. The Bertz CT molecular complexity index is 210. The summed E-state index contributed by atoms with van der Waals surface area (Å²) >= 11 is -5.38. The molecule has 0 heterocycles. The molecule has 0 amide bonds. The zero-order valence-electron chi connectivity index (χ0n) is 5.17. The molecular weight excluding hydrogens is 222 g/mol. The molecule has 8 nitrogen and oxygen atoms in total. The zero-order chi connectivity index (χ0) is 9.00. The van der Waals surface area contributed by atoms with Gasteiger partial charge in [-0.1, -0.05) is 0 Å². The summed E-state index contributed by atoms with van der Waals surface area (Å²) in [6, 6.07) is 0. The molecule has 0 rings (SSSR count). The Balaban J connectivity index is -0.000000107. The molecule has 3 N–H and O–H groups in total. The summed E-state index contributed by atoms with van der Waals surface area (Å²) in [7, 11) is -4.67. The monoisotopic (exact) mass is 225 g/mol. The Morgan fingerprint density at radius 2 is 1.18 bits per heavy atom. The van der Waals surface area contributed by atoms with Crippen molar-refractivity contribution >= 4 is 10.4 Å². The minimum absolute atomic E-state index is 0. The van der Waals surface area contributed by atoms with E-state index in [0.29, 0.717) is 0 Å². The van der Waals surface area contributed by atoms with Crippen molar-refractivity contribution in [3.05, 3.63) is 0 Å². The maximum atomic E-state index is 8.74. The average Bonchev–Trinajstić information content (AvgIpc) is 1.12. The second-order valence-corrected chi connectivity index (χ2v) is 2.98. The van der Waals surface area contributed by atoms with E-state index in [9.17, 15) is 0 Å². The molecule has 0 unspecified atom stereocenters. The van der Waals surface area contributed by atoms with Gasteiger partial charge in [-0.15, -0.1) is 0 Å². The van der Waals surface area contributed by atoms with Crippen molar-refractivity contribution in [1.82, 2.24) is 0 Å². The Kier molecular flexibility index (Phi) is 9.69. The van der Waals surface area contributed by atoms with Crippen molar-refractivity contribution in [2.75, 3.05) is 0 Å². The van der Waals surface area contributed by atoms with E-state index in [1.165, 1.54) is 0 Å². The first-order valence-corrected chi connectivity index (χ1v) is 4.70. The summed E-state index contributed by atoms with van der Waals surface area (Å²) in [4.78, 5) is 0. The van der Waals surface area contributed by atoms with Crippen LogP contribution in [-0.4, -0.2) is 21.7 Å². The van der Waals surface area contributed by atoms with Gasteiger partial charge in [-0.05, 0) is 0 Å². The van der Waals surface area contributed by atoms with Crippen LogP contribution in [-0.2, 0) is 31.4 Å². The third-order valence-electron chi connectivity index (χ3n) is 0. The summed E-state index contributed by atoms with van der Waals surface area (Å²) in [5, 5.41) is 0. The fraction of sp³-hybridized carbons (Fsp3) is 0. The molecule has 0 aliphatic rings. The van der Waals surface area contributed by atoms with Gasteiger partial charge in [0.2, 0.25) is 0 Å². The molecule has 0 fully saturated rings. The first-order chi connectivity index (χ1) is 4.00. The van der Waals surface area contributed by atoms with Gasteiger partial charge in [0.15, 0.2) is 0 Å². The van der Waals surface area contributed by atoms with Crippen LogP contribution < -0.4 is 23.0 Å². The van der Waals surface area contributed by atoms with Crippen molar-refractivity contribution in [2.45, 2.75) is 0 Å². The molecule has 0 bridgehead atoms. The summed E-state index contributed by atoms with van der Waals surface area (Å²) in [6.07, 6.45) is 0. The summed E-state index contributed by atoms with van der Waals surface area (Å²) in [6.45, 7) is 0. The van der Waals surface area contributed by atoms with Crippen molar-refractivity contribution in [1.29, 1.82) is 0 Å². The van der Waals surface area contributed by atoms with Crippen LogP contribution in [0.5, 0.6) is 0 Å². The van der Waals surface area contributed by atoms with E-state index in [2.05, 4.69) is 0 Å². The first-order valence-electron chi connectivity index (χ1n) is 1.33. The van der Waals surface area contributed by atoms with Crippen LogP contribution in [0.4, 0.5) is 0 Å². The molecule has 11 heavy (non-hydrogen) atoms. The van der Waals surface area contributed by atoms with Gasteiger partial charge in [-0.2, -0.15) is 8.42 Å². The van der Waals surface area contributed by atoms with Crippen LogP contribution in [0.3, 0.4) is 0 Å². The molecule has 0 aromatic heterocycles. The van der Waals surface area contributed by atoms with E-state index in [1.54, 1.807) is 0 Å². The van der Waals surface area contributed by atoms with Crippen LogP contribution in [0, 0.1) is 0 Å². The summed E-state index contributed by atoms with van der Waals surface area (Å²) in [5.74, 6) is 0. The Morgan fingerprint density at radius 3 is 1.18 bits per heavy atom. The average molecular weight is 225 g/mol. The third-order valence-corrected chi connectivity index (χ3v) is 0. The normalized spacial score (nSPS) is 10.5. The van der Waals surface area contributed by atoms with Crippen LogP contribution in [0.25, 0.3) is 0 Å². The molecule has 65 valence electrons.